The van der Waals surface area contributed by atoms with Crippen molar-refractivity contribution in [3.8, 4) is 5.75 Å². The summed E-state index contributed by atoms with van der Waals surface area (Å²) >= 11 is 5.96. The van der Waals surface area contributed by atoms with Crippen LogP contribution >= 0.6 is 11.6 Å². The molecule has 1 amide bonds. The molecule has 0 aromatic heterocycles. The normalized spacial score (nSPS) is 16.5. The molecule has 0 saturated heterocycles. The molecule has 2 aromatic rings. The molecule has 0 saturated carbocycles. The number of hydrogen-bond donors (Lipinski definition) is 1. The third-order valence-electron chi connectivity index (χ3n) is 3.71. The van der Waals surface area contributed by atoms with Crippen molar-refractivity contribution in [1.29, 1.82) is 0 Å². The van der Waals surface area contributed by atoms with E-state index in [2.05, 4.69) is 5.32 Å². The van der Waals surface area contributed by atoms with Crippen LogP contribution in [0, 0.1) is 11.7 Å². The second kappa shape index (κ2) is 6.36. The summed E-state index contributed by atoms with van der Waals surface area (Å²) in [4.78, 5) is 12.2. The van der Waals surface area contributed by atoms with E-state index in [1.54, 1.807) is 24.3 Å². The van der Waals surface area contributed by atoms with Crippen molar-refractivity contribution >= 4 is 17.5 Å². The molecular weight excluding hydrogens is 305 g/mol. The molecule has 114 valence electrons. The van der Waals surface area contributed by atoms with E-state index in [1.165, 1.54) is 6.07 Å². The molecular formula is C17H15ClFNO2. The lowest BCUT2D eigenvalue weighted by Gasteiger charge is -2.24. The van der Waals surface area contributed by atoms with Crippen LogP contribution in [0.3, 0.4) is 0 Å². The minimum atomic E-state index is -0.320. The van der Waals surface area contributed by atoms with Crippen molar-refractivity contribution < 1.29 is 13.9 Å². The van der Waals surface area contributed by atoms with Crippen LogP contribution in [0.15, 0.2) is 42.5 Å². The van der Waals surface area contributed by atoms with E-state index in [4.69, 9.17) is 16.3 Å². The molecule has 1 N–H and O–H groups in total. The molecule has 1 unspecified atom stereocenters. The standard InChI is InChI=1S/C17H15ClFNO2/c18-14-5-6-16-12(8-14)7-13(10-22-16)17(21)20-9-11-3-1-2-4-15(11)19/h1-6,8,13H,7,9-10H2,(H,20,21). The van der Waals surface area contributed by atoms with Crippen LogP contribution in [0.25, 0.3) is 0 Å². The van der Waals surface area contributed by atoms with Gasteiger partial charge in [-0.2, -0.15) is 0 Å². The van der Waals surface area contributed by atoms with E-state index < -0.39 is 0 Å². The van der Waals surface area contributed by atoms with Crippen molar-refractivity contribution in [3.05, 3.63) is 64.4 Å². The summed E-state index contributed by atoms with van der Waals surface area (Å²) in [6, 6.07) is 11.8. The zero-order valence-electron chi connectivity index (χ0n) is 11.8. The summed E-state index contributed by atoms with van der Waals surface area (Å²) in [7, 11) is 0. The second-order valence-electron chi connectivity index (χ2n) is 5.27. The van der Waals surface area contributed by atoms with Crippen molar-refractivity contribution in [2.45, 2.75) is 13.0 Å². The highest BCUT2D eigenvalue weighted by atomic mass is 35.5. The zero-order valence-corrected chi connectivity index (χ0v) is 12.6. The summed E-state index contributed by atoms with van der Waals surface area (Å²) in [6.45, 7) is 0.488. The number of hydrogen-bond acceptors (Lipinski definition) is 2. The molecule has 1 heterocycles. The molecule has 0 radical (unpaired) electrons. The van der Waals surface area contributed by atoms with Gasteiger partial charge in [-0.15, -0.1) is 0 Å². The van der Waals surface area contributed by atoms with Crippen LogP contribution in [0.4, 0.5) is 4.39 Å². The quantitative estimate of drug-likeness (QED) is 0.942. The second-order valence-corrected chi connectivity index (χ2v) is 5.71. The summed E-state index contributed by atoms with van der Waals surface area (Å²) in [5, 5.41) is 3.38. The molecule has 1 aliphatic heterocycles. The molecule has 5 heteroatoms. The number of rotatable bonds is 3. The van der Waals surface area contributed by atoms with Gasteiger partial charge in [0.2, 0.25) is 5.91 Å². The highest BCUT2D eigenvalue weighted by Crippen LogP contribution is 2.29. The Kier molecular flexibility index (Phi) is 4.29. The molecule has 0 spiro atoms. The van der Waals surface area contributed by atoms with Gasteiger partial charge in [-0.3, -0.25) is 4.79 Å². The molecule has 1 atom stereocenters. The smallest absolute Gasteiger partial charge is 0.227 e. The first kappa shape index (κ1) is 14.9. The summed E-state index contributed by atoms with van der Waals surface area (Å²) < 4.78 is 19.1. The van der Waals surface area contributed by atoms with E-state index in [0.717, 1.165) is 11.3 Å². The minimum Gasteiger partial charge on any atom is -0.492 e. The Hall–Kier alpha value is -2.07. The number of amides is 1. The first-order valence-corrected chi connectivity index (χ1v) is 7.43. The van der Waals surface area contributed by atoms with Crippen molar-refractivity contribution in [2.75, 3.05) is 6.61 Å². The van der Waals surface area contributed by atoms with Crippen LogP contribution in [0.1, 0.15) is 11.1 Å². The van der Waals surface area contributed by atoms with Gasteiger partial charge < -0.3 is 10.1 Å². The fraction of sp³-hybridized carbons (Fsp3) is 0.235. The van der Waals surface area contributed by atoms with E-state index in [-0.39, 0.29) is 24.2 Å². The van der Waals surface area contributed by atoms with Gasteiger partial charge in [-0.1, -0.05) is 29.8 Å². The largest absolute Gasteiger partial charge is 0.492 e. The van der Waals surface area contributed by atoms with Gasteiger partial charge >= 0.3 is 0 Å². The van der Waals surface area contributed by atoms with Crippen LogP contribution < -0.4 is 10.1 Å². The number of benzene rings is 2. The molecule has 3 rings (SSSR count). The lowest BCUT2D eigenvalue weighted by Crippen LogP contribution is -2.37. The Labute approximate surface area is 133 Å². The fourth-order valence-electron chi connectivity index (χ4n) is 2.50. The van der Waals surface area contributed by atoms with Crippen LogP contribution in [-0.4, -0.2) is 12.5 Å². The van der Waals surface area contributed by atoms with Crippen LogP contribution in [0.2, 0.25) is 5.02 Å². The number of nitrogens with one attached hydrogen (secondary N) is 1. The molecule has 0 fully saturated rings. The Morgan fingerprint density at radius 3 is 2.95 bits per heavy atom. The molecule has 1 aliphatic rings. The maximum atomic E-state index is 13.5. The molecule has 3 nitrogen and oxygen atoms in total. The Balaban J connectivity index is 1.63. The Morgan fingerprint density at radius 2 is 2.14 bits per heavy atom. The third kappa shape index (κ3) is 3.22. The van der Waals surface area contributed by atoms with Gasteiger partial charge in [0.25, 0.3) is 0 Å². The average molecular weight is 320 g/mol. The molecule has 2 aromatic carbocycles. The predicted octanol–water partition coefficient (Wildman–Crippen LogP) is 3.35. The SMILES string of the molecule is O=C(NCc1ccccc1F)C1COc2ccc(Cl)cc2C1. The van der Waals surface area contributed by atoms with Crippen molar-refractivity contribution in [2.24, 2.45) is 5.92 Å². The van der Waals surface area contributed by atoms with Gasteiger partial charge in [0.15, 0.2) is 0 Å². The van der Waals surface area contributed by atoms with E-state index in [0.29, 0.717) is 23.6 Å². The number of carbonyl (C=O) groups is 1. The van der Waals surface area contributed by atoms with E-state index >= 15 is 0 Å². The summed E-state index contributed by atoms with van der Waals surface area (Å²) in [5.74, 6) is 0.00833. The zero-order chi connectivity index (χ0) is 15.5. The summed E-state index contributed by atoms with van der Waals surface area (Å²) in [6.07, 6.45) is 0.568. The number of carbonyl (C=O) groups excluding carboxylic acids is 1. The Morgan fingerprint density at radius 1 is 1.32 bits per heavy atom. The maximum Gasteiger partial charge on any atom is 0.227 e. The van der Waals surface area contributed by atoms with Crippen molar-refractivity contribution in [3.63, 3.8) is 0 Å². The number of halogens is 2. The average Bonchev–Trinajstić information content (AvgIpc) is 2.53. The maximum absolute atomic E-state index is 13.5. The lowest BCUT2D eigenvalue weighted by atomic mass is 9.96. The highest BCUT2D eigenvalue weighted by molar-refractivity contribution is 6.30. The molecule has 0 aliphatic carbocycles. The van der Waals surface area contributed by atoms with Gasteiger partial charge in [-0.05, 0) is 36.2 Å². The van der Waals surface area contributed by atoms with Gasteiger partial charge in [0.1, 0.15) is 18.2 Å². The molecule has 0 bridgehead atoms. The van der Waals surface area contributed by atoms with E-state index in [1.807, 2.05) is 12.1 Å². The van der Waals surface area contributed by atoms with Gasteiger partial charge in [0, 0.05) is 17.1 Å². The predicted molar refractivity (Wildman–Crippen MR) is 82.4 cm³/mol. The van der Waals surface area contributed by atoms with Crippen LogP contribution in [0.5, 0.6) is 5.75 Å². The first-order valence-electron chi connectivity index (χ1n) is 7.06. The van der Waals surface area contributed by atoms with E-state index in [9.17, 15) is 9.18 Å². The lowest BCUT2D eigenvalue weighted by molar-refractivity contribution is -0.126. The highest BCUT2D eigenvalue weighted by Gasteiger charge is 2.26. The first-order chi connectivity index (χ1) is 10.6. The topological polar surface area (TPSA) is 38.3 Å². The number of ether oxygens (including phenoxy) is 1. The molecule has 22 heavy (non-hydrogen) atoms. The number of fused-ring (bicyclic) bond motifs is 1. The monoisotopic (exact) mass is 319 g/mol. The minimum absolute atomic E-state index is 0.145. The summed E-state index contributed by atoms with van der Waals surface area (Å²) in [5.41, 5.74) is 1.39. The Bertz CT molecular complexity index is 705. The van der Waals surface area contributed by atoms with Crippen LogP contribution in [-0.2, 0) is 17.8 Å². The fourth-order valence-corrected chi connectivity index (χ4v) is 2.69. The van der Waals surface area contributed by atoms with Gasteiger partial charge in [0.05, 0.1) is 5.92 Å². The third-order valence-corrected chi connectivity index (χ3v) is 3.95. The van der Waals surface area contributed by atoms with Gasteiger partial charge in [-0.25, -0.2) is 4.39 Å². The van der Waals surface area contributed by atoms with Crippen molar-refractivity contribution in [1.82, 2.24) is 5.32 Å².